The normalized spacial score (nSPS) is 21.0. The Kier molecular flexibility index (Phi) is 8.29. The molecule has 0 spiro atoms. The molecule has 0 bridgehead atoms. The summed E-state index contributed by atoms with van der Waals surface area (Å²) in [6.45, 7) is 4.49. The van der Waals surface area contributed by atoms with Gasteiger partial charge in [-0.25, -0.2) is 18.9 Å². The van der Waals surface area contributed by atoms with Crippen LogP contribution in [0.25, 0.3) is 17.0 Å². The zero-order chi connectivity index (χ0) is 36.2. The summed E-state index contributed by atoms with van der Waals surface area (Å²) in [6, 6.07) is 21.2. The SMILES string of the molecule is O=C1CCC(N2C(=O)c3ccc(CN4CCN(c5cccc(-c6cnc7ccc(N8CCC[C@@H]8c8cccc(F)c8)nn67)n5)CC4)cc3C2=O)C(=O)C1. The number of imidazole rings is 1. The van der Waals surface area contributed by atoms with Crippen LogP contribution in [0.5, 0.6) is 0 Å². The van der Waals surface area contributed by atoms with Crippen LogP contribution in [0.15, 0.2) is 79.0 Å². The molecule has 1 saturated carbocycles. The van der Waals surface area contributed by atoms with Gasteiger partial charge in [-0.2, -0.15) is 0 Å². The van der Waals surface area contributed by atoms with E-state index in [9.17, 15) is 23.6 Å². The first-order chi connectivity index (χ1) is 25.8. The van der Waals surface area contributed by atoms with E-state index in [1.54, 1.807) is 30.5 Å². The van der Waals surface area contributed by atoms with Crippen LogP contribution < -0.4 is 9.80 Å². The van der Waals surface area contributed by atoms with Crippen LogP contribution in [0.3, 0.4) is 0 Å². The number of carbonyl (C=O) groups is 4. The Balaban J connectivity index is 0.872. The van der Waals surface area contributed by atoms with Gasteiger partial charge in [0.25, 0.3) is 11.8 Å². The van der Waals surface area contributed by atoms with Crippen molar-refractivity contribution in [1.29, 1.82) is 0 Å². The third-order valence-electron chi connectivity index (χ3n) is 11.0. The van der Waals surface area contributed by atoms with Crippen molar-refractivity contribution in [2.75, 3.05) is 42.5 Å². The molecule has 13 heteroatoms. The topological polar surface area (TPSA) is 124 Å². The lowest BCUT2D eigenvalue weighted by Crippen LogP contribution is -2.47. The van der Waals surface area contributed by atoms with Crippen molar-refractivity contribution in [1.82, 2.24) is 29.4 Å². The Labute approximate surface area is 304 Å². The van der Waals surface area contributed by atoms with Gasteiger partial charge in [0.1, 0.15) is 28.9 Å². The second-order valence-corrected chi connectivity index (χ2v) is 14.3. The quantitative estimate of drug-likeness (QED) is 0.170. The van der Waals surface area contributed by atoms with E-state index >= 15 is 0 Å². The van der Waals surface area contributed by atoms with Gasteiger partial charge < -0.3 is 9.80 Å². The van der Waals surface area contributed by atoms with E-state index in [0.29, 0.717) is 17.7 Å². The number of ketones is 2. The van der Waals surface area contributed by atoms with Crippen LogP contribution in [-0.2, 0) is 16.1 Å². The van der Waals surface area contributed by atoms with Gasteiger partial charge in [-0.15, -0.1) is 5.10 Å². The molecule has 268 valence electrons. The number of pyridine rings is 1. The number of imide groups is 1. The van der Waals surface area contributed by atoms with Crippen LogP contribution in [-0.4, -0.2) is 91.5 Å². The van der Waals surface area contributed by atoms with Gasteiger partial charge in [0.15, 0.2) is 11.4 Å². The van der Waals surface area contributed by atoms with E-state index in [1.165, 1.54) is 6.07 Å². The molecule has 5 aromatic rings. The number of anilines is 2. The maximum absolute atomic E-state index is 14.1. The monoisotopic (exact) mass is 712 g/mol. The molecule has 3 aromatic heterocycles. The number of carbonyl (C=O) groups excluding carboxylic acids is 4. The van der Waals surface area contributed by atoms with Crippen molar-refractivity contribution in [2.45, 2.75) is 50.7 Å². The third kappa shape index (κ3) is 6.04. The molecule has 0 N–H and O–H groups in total. The Morgan fingerprint density at radius 3 is 2.43 bits per heavy atom. The largest absolute Gasteiger partial charge is 0.354 e. The number of hydrogen-bond donors (Lipinski definition) is 0. The molecule has 2 atom stereocenters. The predicted octanol–water partition coefficient (Wildman–Crippen LogP) is 4.88. The molecule has 2 amide bonds. The first kappa shape index (κ1) is 33.0. The molecule has 4 aliphatic rings. The van der Waals surface area contributed by atoms with Gasteiger partial charge in [0.05, 0.1) is 41.5 Å². The molecule has 9 rings (SSSR count). The Morgan fingerprint density at radius 1 is 0.774 bits per heavy atom. The molecule has 1 unspecified atom stereocenters. The van der Waals surface area contributed by atoms with Crippen LogP contribution in [0.1, 0.15) is 70.0 Å². The van der Waals surface area contributed by atoms with Crippen molar-refractivity contribution in [3.63, 3.8) is 0 Å². The third-order valence-corrected chi connectivity index (χ3v) is 11.0. The number of Topliss-reactive ketones (excluding diaryl/α,β-unsaturated/α-hetero) is 2. The summed E-state index contributed by atoms with van der Waals surface area (Å²) in [5, 5.41) is 5.00. The van der Waals surface area contributed by atoms with Crippen molar-refractivity contribution < 1.29 is 23.6 Å². The average Bonchev–Trinajstić information content (AvgIpc) is 3.89. The number of amides is 2. The van der Waals surface area contributed by atoms with Crippen LogP contribution >= 0.6 is 0 Å². The molecule has 6 heterocycles. The molecule has 2 aromatic carbocycles. The number of benzene rings is 2. The standard InChI is InChI=1S/C40H37FN8O4/c41-27-5-1-4-26(21-27)32-7-3-15-47(32)38-14-13-36-42-23-34(49(36)44-38)31-6-2-8-37(43-31)46-18-16-45(17-19-46)24-25-9-11-29-30(20-25)40(53)48(39(29)52)33-12-10-28(50)22-35(33)51/h1-2,4-6,8-9,11,13-14,20-21,23,32-33H,3,7,10,12,15-19,22,24H2/t32-,33?/m1/s1. The number of halogens is 1. The number of hydrogen-bond acceptors (Lipinski definition) is 10. The number of aromatic nitrogens is 4. The molecule has 0 radical (unpaired) electrons. The number of rotatable bonds is 7. The summed E-state index contributed by atoms with van der Waals surface area (Å²) in [5.74, 6) is -0.00796. The molecule has 2 saturated heterocycles. The average molecular weight is 713 g/mol. The van der Waals surface area contributed by atoms with Gasteiger partial charge in [0.2, 0.25) is 0 Å². The second kappa shape index (κ2) is 13.3. The zero-order valence-corrected chi connectivity index (χ0v) is 29.0. The molecular formula is C40H37FN8O4. The molecule has 12 nitrogen and oxygen atoms in total. The summed E-state index contributed by atoms with van der Waals surface area (Å²) >= 11 is 0. The van der Waals surface area contributed by atoms with Gasteiger partial charge >= 0.3 is 0 Å². The number of fused-ring (bicyclic) bond motifs is 2. The van der Waals surface area contributed by atoms with E-state index < -0.39 is 17.9 Å². The highest BCUT2D eigenvalue weighted by atomic mass is 19.1. The summed E-state index contributed by atoms with van der Waals surface area (Å²) in [7, 11) is 0. The first-order valence-electron chi connectivity index (χ1n) is 18.2. The maximum Gasteiger partial charge on any atom is 0.262 e. The van der Waals surface area contributed by atoms with Crippen molar-refractivity contribution in [3.05, 3.63) is 107 Å². The molecular weight excluding hydrogens is 675 g/mol. The predicted molar refractivity (Wildman–Crippen MR) is 194 cm³/mol. The van der Waals surface area contributed by atoms with Gasteiger partial charge in [0, 0.05) is 45.7 Å². The minimum absolute atomic E-state index is 0.0507. The van der Waals surface area contributed by atoms with Crippen LogP contribution in [0.2, 0.25) is 0 Å². The molecule has 53 heavy (non-hydrogen) atoms. The van der Waals surface area contributed by atoms with E-state index in [1.807, 2.05) is 47.0 Å². The minimum atomic E-state index is -0.874. The summed E-state index contributed by atoms with van der Waals surface area (Å²) < 4.78 is 15.9. The van der Waals surface area contributed by atoms with E-state index in [2.05, 4.69) is 19.7 Å². The smallest absolute Gasteiger partial charge is 0.262 e. The summed E-state index contributed by atoms with van der Waals surface area (Å²) in [5.41, 5.74) is 4.75. The van der Waals surface area contributed by atoms with Crippen LogP contribution in [0, 0.1) is 5.82 Å². The highest BCUT2D eigenvalue weighted by molar-refractivity contribution is 6.23. The van der Waals surface area contributed by atoms with Gasteiger partial charge in [-0.05, 0) is 78.9 Å². The van der Waals surface area contributed by atoms with Crippen molar-refractivity contribution >= 4 is 40.7 Å². The maximum atomic E-state index is 14.1. The first-order valence-corrected chi connectivity index (χ1v) is 18.2. The molecule has 1 aliphatic carbocycles. The highest BCUT2D eigenvalue weighted by Crippen LogP contribution is 2.36. The van der Waals surface area contributed by atoms with Gasteiger partial charge in [-0.3, -0.25) is 29.0 Å². The Morgan fingerprint density at radius 2 is 1.60 bits per heavy atom. The van der Waals surface area contributed by atoms with E-state index in [0.717, 1.165) is 90.3 Å². The fraction of sp³-hybridized carbons (Fsp3) is 0.325. The lowest BCUT2D eigenvalue weighted by atomic mass is 9.92. The summed E-state index contributed by atoms with van der Waals surface area (Å²) in [6.07, 6.45) is 3.87. The minimum Gasteiger partial charge on any atom is -0.354 e. The molecule has 3 fully saturated rings. The van der Waals surface area contributed by atoms with E-state index in [4.69, 9.17) is 10.1 Å². The second-order valence-electron chi connectivity index (χ2n) is 14.3. The van der Waals surface area contributed by atoms with Crippen molar-refractivity contribution in [3.8, 4) is 11.4 Å². The number of piperazine rings is 1. The van der Waals surface area contributed by atoms with Gasteiger partial charge in [-0.1, -0.05) is 24.3 Å². The van der Waals surface area contributed by atoms with Crippen LogP contribution in [0.4, 0.5) is 16.0 Å². The summed E-state index contributed by atoms with van der Waals surface area (Å²) in [4.78, 5) is 68.2. The lowest BCUT2D eigenvalue weighted by molar-refractivity contribution is -0.132. The Hall–Kier alpha value is -5.82. The highest BCUT2D eigenvalue weighted by Gasteiger charge is 2.44. The van der Waals surface area contributed by atoms with E-state index in [-0.39, 0.29) is 42.7 Å². The fourth-order valence-corrected chi connectivity index (χ4v) is 8.25. The fourth-order valence-electron chi connectivity index (χ4n) is 8.25. The number of nitrogens with zero attached hydrogens (tertiary/aromatic N) is 8. The lowest BCUT2D eigenvalue weighted by Gasteiger charge is -2.35. The Bertz CT molecular complexity index is 2300. The zero-order valence-electron chi connectivity index (χ0n) is 29.0. The van der Waals surface area contributed by atoms with Crippen molar-refractivity contribution in [2.24, 2.45) is 0 Å². The molecule has 3 aliphatic heterocycles.